The number of nitriles is 1. The van der Waals surface area contributed by atoms with Crippen molar-refractivity contribution in [3.63, 3.8) is 0 Å². The second-order valence-corrected chi connectivity index (χ2v) is 5.05. The fourth-order valence-corrected chi connectivity index (χ4v) is 2.38. The predicted octanol–water partition coefficient (Wildman–Crippen LogP) is 4.88. The highest BCUT2D eigenvalue weighted by Crippen LogP contribution is 2.31. The molecule has 3 rings (SSSR count). The Morgan fingerprint density at radius 3 is 2.09 bits per heavy atom. The number of benzene rings is 3. The molecule has 0 atom stereocenters. The maximum absolute atomic E-state index is 14.4. The molecule has 0 saturated heterocycles. The van der Waals surface area contributed by atoms with Crippen LogP contribution in [0.1, 0.15) is 5.56 Å². The van der Waals surface area contributed by atoms with E-state index in [0.29, 0.717) is 22.3 Å². The van der Waals surface area contributed by atoms with E-state index in [1.54, 1.807) is 36.4 Å². The normalized spacial score (nSPS) is 10.3. The van der Waals surface area contributed by atoms with Gasteiger partial charge in [-0.1, -0.05) is 24.3 Å². The highest BCUT2D eigenvalue weighted by Gasteiger charge is 2.11. The van der Waals surface area contributed by atoms with Crippen molar-refractivity contribution in [2.24, 2.45) is 0 Å². The smallest absolute Gasteiger partial charge is 0.131 e. The maximum atomic E-state index is 14.4. The van der Waals surface area contributed by atoms with E-state index in [1.165, 1.54) is 18.2 Å². The van der Waals surface area contributed by atoms with Crippen LogP contribution >= 0.6 is 0 Å². The Labute approximate surface area is 131 Å². The monoisotopic (exact) mass is 307 g/mol. The van der Waals surface area contributed by atoms with Gasteiger partial charge in [-0.25, -0.2) is 8.78 Å². The summed E-state index contributed by atoms with van der Waals surface area (Å²) in [5.41, 5.74) is 1.96. The van der Waals surface area contributed by atoms with E-state index in [1.807, 2.05) is 6.07 Å². The van der Waals surface area contributed by atoms with Gasteiger partial charge in [0.1, 0.15) is 17.4 Å². The van der Waals surface area contributed by atoms with Crippen LogP contribution < -0.4 is 0 Å². The van der Waals surface area contributed by atoms with E-state index < -0.39 is 11.6 Å². The second kappa shape index (κ2) is 5.90. The summed E-state index contributed by atoms with van der Waals surface area (Å²) in [5, 5.41) is 18.2. The summed E-state index contributed by atoms with van der Waals surface area (Å²) in [6.07, 6.45) is 0. The molecule has 0 aromatic heterocycles. The third-order valence-corrected chi connectivity index (χ3v) is 3.56. The molecule has 0 amide bonds. The van der Waals surface area contributed by atoms with E-state index in [-0.39, 0.29) is 11.3 Å². The lowest BCUT2D eigenvalue weighted by atomic mass is 9.98. The zero-order valence-electron chi connectivity index (χ0n) is 11.9. The Balaban J connectivity index is 2.03. The van der Waals surface area contributed by atoms with Gasteiger partial charge in [0.15, 0.2) is 0 Å². The number of phenols is 1. The van der Waals surface area contributed by atoms with Gasteiger partial charge in [-0.2, -0.15) is 5.26 Å². The average molecular weight is 307 g/mol. The molecule has 1 N–H and O–H groups in total. The molecule has 2 nitrogen and oxygen atoms in total. The minimum Gasteiger partial charge on any atom is -0.508 e. The van der Waals surface area contributed by atoms with Crippen molar-refractivity contribution in [2.45, 2.75) is 0 Å². The van der Waals surface area contributed by atoms with Crippen molar-refractivity contribution in [3.05, 3.63) is 77.9 Å². The van der Waals surface area contributed by atoms with Gasteiger partial charge in [0, 0.05) is 11.1 Å². The van der Waals surface area contributed by atoms with Crippen molar-refractivity contribution in [1.82, 2.24) is 0 Å². The highest BCUT2D eigenvalue weighted by atomic mass is 19.1. The zero-order valence-corrected chi connectivity index (χ0v) is 11.9. The fraction of sp³-hybridized carbons (Fsp3) is 0. The molecular formula is C19H11F2NO. The van der Waals surface area contributed by atoms with Crippen LogP contribution in [0, 0.1) is 23.0 Å². The molecule has 0 heterocycles. The zero-order chi connectivity index (χ0) is 16.4. The van der Waals surface area contributed by atoms with Crippen molar-refractivity contribution >= 4 is 0 Å². The number of hydrogen-bond acceptors (Lipinski definition) is 2. The standard InChI is InChI=1S/C19H11F2NO/c20-18-8-6-15(23)10-17(18)14-5-7-16(19(21)9-14)13-3-1-12(11-22)2-4-13/h1-10,23H. The number of nitrogens with zero attached hydrogens (tertiary/aromatic N) is 1. The molecule has 0 spiro atoms. The first-order valence-corrected chi connectivity index (χ1v) is 6.87. The average Bonchev–Trinajstić information content (AvgIpc) is 2.57. The Morgan fingerprint density at radius 1 is 0.739 bits per heavy atom. The largest absolute Gasteiger partial charge is 0.508 e. The SMILES string of the molecule is N#Cc1ccc(-c2ccc(-c3cc(O)ccc3F)cc2F)cc1. The summed E-state index contributed by atoms with van der Waals surface area (Å²) in [6, 6.07) is 16.5. The first kappa shape index (κ1) is 14.7. The maximum Gasteiger partial charge on any atom is 0.131 e. The van der Waals surface area contributed by atoms with Crippen molar-refractivity contribution in [3.8, 4) is 34.1 Å². The third-order valence-electron chi connectivity index (χ3n) is 3.56. The number of aromatic hydroxyl groups is 1. The predicted molar refractivity (Wildman–Crippen MR) is 83.6 cm³/mol. The molecule has 4 heteroatoms. The third kappa shape index (κ3) is 2.90. The molecule has 0 aliphatic heterocycles. The summed E-state index contributed by atoms with van der Waals surface area (Å²) in [6.45, 7) is 0. The van der Waals surface area contributed by atoms with Gasteiger partial charge in [-0.15, -0.1) is 0 Å². The van der Waals surface area contributed by atoms with E-state index in [4.69, 9.17) is 5.26 Å². The molecule has 0 bridgehead atoms. The minimum atomic E-state index is -0.534. The number of hydrogen-bond donors (Lipinski definition) is 1. The molecule has 0 radical (unpaired) electrons. The molecule has 0 saturated carbocycles. The van der Waals surface area contributed by atoms with Gasteiger partial charge in [0.2, 0.25) is 0 Å². The van der Waals surface area contributed by atoms with E-state index in [9.17, 15) is 13.9 Å². The lowest BCUT2D eigenvalue weighted by Gasteiger charge is -2.08. The quantitative estimate of drug-likeness (QED) is 0.733. The molecule has 3 aromatic rings. The summed E-state index contributed by atoms with van der Waals surface area (Å²) in [4.78, 5) is 0. The lowest BCUT2D eigenvalue weighted by molar-refractivity contribution is 0.473. The summed E-state index contributed by atoms with van der Waals surface area (Å²) in [5.74, 6) is -1.12. The van der Waals surface area contributed by atoms with Crippen LogP contribution in [0.5, 0.6) is 5.75 Å². The molecule has 0 unspecified atom stereocenters. The van der Waals surface area contributed by atoms with Crippen molar-refractivity contribution in [1.29, 1.82) is 5.26 Å². The topological polar surface area (TPSA) is 44.0 Å². The van der Waals surface area contributed by atoms with Gasteiger partial charge in [-0.3, -0.25) is 0 Å². The molecular weight excluding hydrogens is 296 g/mol. The number of phenolic OH excluding ortho intramolecular Hbond substituents is 1. The molecule has 0 fully saturated rings. The summed E-state index contributed by atoms with van der Waals surface area (Å²) in [7, 11) is 0. The Hall–Kier alpha value is -3.19. The van der Waals surface area contributed by atoms with E-state index in [2.05, 4.69) is 0 Å². The van der Waals surface area contributed by atoms with Gasteiger partial charge < -0.3 is 5.11 Å². The number of rotatable bonds is 2. The van der Waals surface area contributed by atoms with Crippen molar-refractivity contribution in [2.75, 3.05) is 0 Å². The molecule has 0 aliphatic rings. The number of halogens is 2. The Bertz CT molecular complexity index is 912. The van der Waals surface area contributed by atoms with Crippen molar-refractivity contribution < 1.29 is 13.9 Å². The van der Waals surface area contributed by atoms with Gasteiger partial charge in [0.25, 0.3) is 0 Å². The Morgan fingerprint density at radius 2 is 1.43 bits per heavy atom. The van der Waals surface area contributed by atoms with E-state index >= 15 is 0 Å². The van der Waals surface area contributed by atoms with Crippen LogP contribution in [0.15, 0.2) is 60.7 Å². The van der Waals surface area contributed by atoms with E-state index in [0.717, 1.165) is 6.07 Å². The summed E-state index contributed by atoms with van der Waals surface area (Å²) < 4.78 is 28.2. The summed E-state index contributed by atoms with van der Waals surface area (Å²) >= 11 is 0. The van der Waals surface area contributed by atoms with Gasteiger partial charge >= 0.3 is 0 Å². The Kier molecular flexibility index (Phi) is 3.78. The lowest BCUT2D eigenvalue weighted by Crippen LogP contribution is -1.89. The van der Waals surface area contributed by atoms with Gasteiger partial charge in [-0.05, 0) is 47.5 Å². The first-order chi connectivity index (χ1) is 11.1. The van der Waals surface area contributed by atoms with Gasteiger partial charge in [0.05, 0.1) is 11.6 Å². The van der Waals surface area contributed by atoms with Crippen LogP contribution in [-0.2, 0) is 0 Å². The van der Waals surface area contributed by atoms with Crippen LogP contribution in [0.4, 0.5) is 8.78 Å². The highest BCUT2D eigenvalue weighted by molar-refractivity contribution is 5.72. The minimum absolute atomic E-state index is 0.0852. The second-order valence-electron chi connectivity index (χ2n) is 5.05. The van der Waals surface area contributed by atoms with Crippen LogP contribution in [0.2, 0.25) is 0 Å². The molecule has 23 heavy (non-hydrogen) atoms. The van der Waals surface area contributed by atoms with Crippen LogP contribution in [-0.4, -0.2) is 5.11 Å². The molecule has 112 valence electrons. The fourth-order valence-electron chi connectivity index (χ4n) is 2.38. The molecule has 0 aliphatic carbocycles. The molecule has 3 aromatic carbocycles. The van der Waals surface area contributed by atoms with Crippen LogP contribution in [0.3, 0.4) is 0 Å². The first-order valence-electron chi connectivity index (χ1n) is 6.87. The van der Waals surface area contributed by atoms with Crippen LogP contribution in [0.25, 0.3) is 22.3 Å².